The number of rotatable bonds is 4. The van der Waals surface area contributed by atoms with Crippen LogP contribution in [-0.4, -0.2) is 29.8 Å². The Kier molecular flexibility index (Phi) is 4.95. The molecule has 0 aromatic rings. The van der Waals surface area contributed by atoms with Crippen molar-refractivity contribution >= 4 is 5.97 Å². The highest BCUT2D eigenvalue weighted by molar-refractivity contribution is 5.73. The van der Waals surface area contributed by atoms with Crippen LogP contribution in [-0.2, 0) is 9.53 Å². The third kappa shape index (κ3) is 5.60. The summed E-state index contributed by atoms with van der Waals surface area (Å²) < 4.78 is 5.09. The molecule has 0 saturated carbocycles. The molecule has 0 aliphatic heterocycles. The Morgan fingerprint density at radius 1 is 1.54 bits per heavy atom. The quantitative estimate of drug-likeness (QED) is 0.623. The highest BCUT2D eigenvalue weighted by Gasteiger charge is 2.23. The fourth-order valence-corrected chi connectivity index (χ4v) is 0.870. The van der Waals surface area contributed by atoms with Crippen LogP contribution in [0.25, 0.3) is 0 Å². The summed E-state index contributed by atoms with van der Waals surface area (Å²) in [6.45, 7) is 5.56. The minimum atomic E-state index is -0.501. The predicted octanol–water partition coefficient (Wildman–Crippen LogP) is 0.285. The maximum absolute atomic E-state index is 11.3. The Labute approximate surface area is 79.1 Å². The van der Waals surface area contributed by atoms with E-state index in [1.807, 2.05) is 0 Å². The Bertz CT molecular complexity index is 163. The van der Waals surface area contributed by atoms with E-state index in [4.69, 9.17) is 15.6 Å². The lowest BCUT2D eigenvalue weighted by Crippen LogP contribution is -2.31. The Morgan fingerprint density at radius 3 is 2.38 bits per heavy atom. The second-order valence-electron chi connectivity index (χ2n) is 3.99. The second kappa shape index (κ2) is 5.19. The Hall–Kier alpha value is -0.610. The molecule has 78 valence electrons. The van der Waals surface area contributed by atoms with Crippen molar-refractivity contribution in [3.63, 3.8) is 0 Å². The fraction of sp³-hybridized carbons (Fsp3) is 0.889. The molecule has 0 fully saturated rings. The van der Waals surface area contributed by atoms with Gasteiger partial charge in [0.25, 0.3) is 0 Å². The molecule has 0 bridgehead atoms. The highest BCUT2D eigenvalue weighted by Crippen LogP contribution is 2.12. The molecule has 0 unspecified atom stereocenters. The van der Waals surface area contributed by atoms with Crippen molar-refractivity contribution < 1.29 is 14.6 Å². The average Bonchev–Trinajstić information content (AvgIpc) is 1.96. The van der Waals surface area contributed by atoms with Crippen LogP contribution in [0.5, 0.6) is 0 Å². The molecule has 0 aromatic heterocycles. The van der Waals surface area contributed by atoms with Crippen LogP contribution in [0.2, 0.25) is 0 Å². The van der Waals surface area contributed by atoms with Crippen molar-refractivity contribution in [3.8, 4) is 0 Å². The van der Waals surface area contributed by atoms with Crippen LogP contribution in [0.1, 0.15) is 27.2 Å². The number of carbonyl (C=O) groups excluding carboxylic acids is 1. The van der Waals surface area contributed by atoms with Gasteiger partial charge in [-0.05, 0) is 33.7 Å². The van der Waals surface area contributed by atoms with Gasteiger partial charge < -0.3 is 15.6 Å². The van der Waals surface area contributed by atoms with E-state index in [-0.39, 0.29) is 12.6 Å². The monoisotopic (exact) mass is 189 g/mol. The maximum atomic E-state index is 11.3. The summed E-state index contributed by atoms with van der Waals surface area (Å²) in [5, 5.41) is 8.87. The number of esters is 1. The molecule has 0 heterocycles. The fourth-order valence-electron chi connectivity index (χ4n) is 0.870. The lowest BCUT2D eigenvalue weighted by atomic mass is 10.1. The van der Waals surface area contributed by atoms with E-state index in [0.29, 0.717) is 13.0 Å². The summed E-state index contributed by atoms with van der Waals surface area (Å²) in [6, 6.07) is 0. The number of carbonyl (C=O) groups is 1. The van der Waals surface area contributed by atoms with E-state index in [1.54, 1.807) is 20.8 Å². The van der Waals surface area contributed by atoms with Crippen LogP contribution >= 0.6 is 0 Å². The highest BCUT2D eigenvalue weighted by atomic mass is 16.6. The number of aliphatic hydroxyl groups is 1. The predicted molar refractivity (Wildman–Crippen MR) is 50.1 cm³/mol. The van der Waals surface area contributed by atoms with Crippen molar-refractivity contribution in [2.75, 3.05) is 13.2 Å². The normalized spacial score (nSPS) is 13.9. The molecular weight excluding hydrogens is 170 g/mol. The van der Waals surface area contributed by atoms with Gasteiger partial charge in [-0.3, -0.25) is 4.79 Å². The molecule has 0 aliphatic carbocycles. The Morgan fingerprint density at radius 2 is 2.08 bits per heavy atom. The number of aliphatic hydroxyl groups excluding tert-OH is 1. The molecule has 0 aromatic carbocycles. The zero-order valence-electron chi connectivity index (χ0n) is 8.54. The molecular formula is C9H19NO3. The Balaban J connectivity index is 4.06. The summed E-state index contributed by atoms with van der Waals surface area (Å²) in [5.74, 6) is -0.857. The molecule has 0 spiro atoms. The first kappa shape index (κ1) is 12.4. The molecule has 4 nitrogen and oxygen atoms in total. The lowest BCUT2D eigenvalue weighted by Gasteiger charge is -2.22. The van der Waals surface area contributed by atoms with Gasteiger partial charge in [-0.1, -0.05) is 0 Å². The van der Waals surface area contributed by atoms with Gasteiger partial charge in [-0.15, -0.1) is 0 Å². The first-order chi connectivity index (χ1) is 5.90. The summed E-state index contributed by atoms with van der Waals surface area (Å²) in [6.07, 6.45) is 0.464. The van der Waals surface area contributed by atoms with Gasteiger partial charge in [-0.2, -0.15) is 0 Å². The number of ether oxygens (including phenoxy) is 1. The average molecular weight is 189 g/mol. The molecule has 0 saturated heterocycles. The smallest absolute Gasteiger partial charge is 0.311 e. The van der Waals surface area contributed by atoms with Gasteiger partial charge in [0.05, 0.1) is 12.5 Å². The van der Waals surface area contributed by atoms with Crippen molar-refractivity contribution in [1.29, 1.82) is 0 Å². The summed E-state index contributed by atoms with van der Waals surface area (Å²) in [7, 11) is 0. The number of hydrogen-bond acceptors (Lipinski definition) is 4. The first-order valence-electron chi connectivity index (χ1n) is 4.44. The molecule has 0 amide bonds. The van der Waals surface area contributed by atoms with Gasteiger partial charge in [0.2, 0.25) is 0 Å². The zero-order valence-corrected chi connectivity index (χ0v) is 8.54. The molecule has 0 rings (SSSR count). The molecule has 3 N–H and O–H groups in total. The van der Waals surface area contributed by atoms with Gasteiger partial charge in [-0.25, -0.2) is 0 Å². The largest absolute Gasteiger partial charge is 0.460 e. The SMILES string of the molecule is CC(C)(C)OC(=O)[C@@H](CO)CCN. The van der Waals surface area contributed by atoms with E-state index in [2.05, 4.69) is 0 Å². The van der Waals surface area contributed by atoms with Crippen molar-refractivity contribution in [2.24, 2.45) is 11.7 Å². The summed E-state index contributed by atoms with van der Waals surface area (Å²) in [5.41, 5.74) is 4.79. The van der Waals surface area contributed by atoms with Crippen molar-refractivity contribution in [3.05, 3.63) is 0 Å². The molecule has 1 atom stereocenters. The summed E-state index contributed by atoms with van der Waals surface area (Å²) in [4.78, 5) is 11.3. The van der Waals surface area contributed by atoms with E-state index < -0.39 is 11.5 Å². The third-order valence-corrected chi connectivity index (χ3v) is 1.48. The summed E-state index contributed by atoms with van der Waals surface area (Å²) >= 11 is 0. The number of hydrogen-bond donors (Lipinski definition) is 2. The molecule has 0 aliphatic rings. The lowest BCUT2D eigenvalue weighted by molar-refractivity contribution is -0.161. The van der Waals surface area contributed by atoms with Gasteiger partial charge in [0.1, 0.15) is 5.60 Å². The number of nitrogens with two attached hydrogens (primary N) is 1. The van der Waals surface area contributed by atoms with Crippen LogP contribution in [0.4, 0.5) is 0 Å². The maximum Gasteiger partial charge on any atom is 0.311 e. The van der Waals surface area contributed by atoms with Crippen LogP contribution in [0, 0.1) is 5.92 Å². The van der Waals surface area contributed by atoms with Crippen molar-refractivity contribution in [1.82, 2.24) is 0 Å². The van der Waals surface area contributed by atoms with Crippen molar-refractivity contribution in [2.45, 2.75) is 32.8 Å². The van der Waals surface area contributed by atoms with Crippen LogP contribution in [0.3, 0.4) is 0 Å². The van der Waals surface area contributed by atoms with E-state index >= 15 is 0 Å². The van der Waals surface area contributed by atoms with E-state index in [9.17, 15) is 4.79 Å². The zero-order chi connectivity index (χ0) is 10.5. The van der Waals surface area contributed by atoms with Crippen LogP contribution in [0.15, 0.2) is 0 Å². The topological polar surface area (TPSA) is 72.5 Å². The second-order valence-corrected chi connectivity index (χ2v) is 3.99. The van der Waals surface area contributed by atoms with E-state index in [1.165, 1.54) is 0 Å². The third-order valence-electron chi connectivity index (χ3n) is 1.48. The van der Waals surface area contributed by atoms with Gasteiger partial charge in [0, 0.05) is 0 Å². The van der Waals surface area contributed by atoms with Crippen LogP contribution < -0.4 is 5.73 Å². The van der Waals surface area contributed by atoms with Gasteiger partial charge in [0.15, 0.2) is 0 Å². The first-order valence-corrected chi connectivity index (χ1v) is 4.44. The van der Waals surface area contributed by atoms with E-state index in [0.717, 1.165) is 0 Å². The molecule has 13 heavy (non-hydrogen) atoms. The molecule has 0 radical (unpaired) electrons. The minimum absolute atomic E-state index is 0.202. The van der Waals surface area contributed by atoms with Gasteiger partial charge >= 0.3 is 5.97 Å². The molecule has 4 heteroatoms. The standard InChI is InChI=1S/C9H19NO3/c1-9(2,3)13-8(12)7(6-11)4-5-10/h7,11H,4-6,10H2,1-3H3/t7-/m1/s1. The minimum Gasteiger partial charge on any atom is -0.460 e.